The minimum atomic E-state index is -1.32. The Kier molecular flexibility index (Phi) is 8.94. The Morgan fingerprint density at radius 2 is 1.95 bits per heavy atom. The number of carbonyl (C=O) groups is 1. The van der Waals surface area contributed by atoms with Crippen molar-refractivity contribution in [2.75, 3.05) is 33.4 Å². The number of nitrogens with zero attached hydrogens (tertiary/aromatic N) is 2. The number of halogens is 3. The number of fused-ring (bicyclic) bond motifs is 1. The molecule has 1 saturated heterocycles. The van der Waals surface area contributed by atoms with Gasteiger partial charge in [-0.2, -0.15) is 4.39 Å². The van der Waals surface area contributed by atoms with Gasteiger partial charge in [0.2, 0.25) is 11.7 Å². The number of carbonyl (C=O) groups excluding carboxylic acids is 1. The van der Waals surface area contributed by atoms with Crippen LogP contribution in [0.15, 0.2) is 36.5 Å². The molecule has 2 aromatic carbocycles. The van der Waals surface area contributed by atoms with Crippen molar-refractivity contribution in [2.45, 2.75) is 38.7 Å². The maximum atomic E-state index is 13.8. The average Bonchev–Trinajstić information content (AvgIpc) is 2.94. The number of amides is 1. The van der Waals surface area contributed by atoms with Gasteiger partial charge in [-0.05, 0) is 75.0 Å². The second-order valence-corrected chi connectivity index (χ2v) is 9.90. The van der Waals surface area contributed by atoms with Crippen molar-refractivity contribution >= 4 is 16.8 Å². The molecular weight excluding hydrogens is 515 g/mol. The number of hydrogen-bond donors (Lipinski definition) is 3. The van der Waals surface area contributed by atoms with Gasteiger partial charge >= 0.3 is 0 Å². The third kappa shape index (κ3) is 6.26. The minimum absolute atomic E-state index is 0.00438. The number of rotatable bonds is 10. The van der Waals surface area contributed by atoms with Crippen molar-refractivity contribution in [2.24, 2.45) is 5.41 Å². The van der Waals surface area contributed by atoms with Crippen LogP contribution in [0, 0.1) is 29.8 Å². The van der Waals surface area contributed by atoms with Gasteiger partial charge in [-0.1, -0.05) is 0 Å². The number of ether oxygens (including phenoxy) is 2. The topological polar surface area (TPSA) is 104 Å². The first-order valence-corrected chi connectivity index (χ1v) is 12.7. The van der Waals surface area contributed by atoms with Crippen LogP contribution in [0.25, 0.3) is 10.9 Å². The van der Waals surface area contributed by atoms with E-state index < -0.39 is 40.6 Å². The molecule has 0 saturated carbocycles. The zero-order valence-electron chi connectivity index (χ0n) is 21.8. The number of benzene rings is 2. The Morgan fingerprint density at radius 3 is 2.64 bits per heavy atom. The van der Waals surface area contributed by atoms with Crippen LogP contribution in [0.5, 0.6) is 11.5 Å². The SMILES string of the molecule is COc1ccc2ncc(C)c(C(O)CCC3(C(=O)NO)CCN(CCOc4cc(F)cc(F)c4F)CC3)c2c1. The van der Waals surface area contributed by atoms with Gasteiger partial charge in [0.25, 0.3) is 0 Å². The van der Waals surface area contributed by atoms with E-state index in [1.807, 2.05) is 24.0 Å². The van der Waals surface area contributed by atoms with Gasteiger partial charge in [0.05, 0.1) is 24.1 Å². The van der Waals surface area contributed by atoms with E-state index >= 15 is 0 Å². The largest absolute Gasteiger partial charge is 0.497 e. The number of aliphatic hydroxyl groups is 1. The highest BCUT2D eigenvalue weighted by atomic mass is 19.2. The van der Waals surface area contributed by atoms with Crippen LogP contribution < -0.4 is 15.0 Å². The average molecular weight is 548 g/mol. The van der Waals surface area contributed by atoms with Gasteiger partial charge in [0, 0.05) is 30.3 Å². The van der Waals surface area contributed by atoms with E-state index in [2.05, 4.69) is 4.98 Å². The zero-order chi connectivity index (χ0) is 28.2. The number of nitrogens with one attached hydrogen (secondary N) is 1. The van der Waals surface area contributed by atoms with Gasteiger partial charge in [-0.15, -0.1) is 0 Å². The molecule has 8 nitrogen and oxygen atoms in total. The Morgan fingerprint density at radius 1 is 1.21 bits per heavy atom. The fraction of sp³-hybridized carbons (Fsp3) is 0.429. The summed E-state index contributed by atoms with van der Waals surface area (Å²) >= 11 is 0. The molecule has 0 bridgehead atoms. The molecular formula is C28H32F3N3O5. The highest BCUT2D eigenvalue weighted by Gasteiger charge is 2.41. The maximum absolute atomic E-state index is 13.8. The Hall–Kier alpha value is -3.41. The molecule has 11 heteroatoms. The molecule has 3 N–H and O–H groups in total. The van der Waals surface area contributed by atoms with E-state index in [-0.39, 0.29) is 13.0 Å². The summed E-state index contributed by atoms with van der Waals surface area (Å²) in [6.45, 7) is 3.16. The minimum Gasteiger partial charge on any atom is -0.497 e. The van der Waals surface area contributed by atoms with E-state index in [0.717, 1.165) is 22.5 Å². The molecule has 39 heavy (non-hydrogen) atoms. The number of piperidine rings is 1. The first kappa shape index (κ1) is 28.6. The fourth-order valence-corrected chi connectivity index (χ4v) is 5.25. The molecule has 1 aliphatic rings. The van der Waals surface area contributed by atoms with E-state index in [9.17, 15) is 28.3 Å². The van der Waals surface area contributed by atoms with Crippen LogP contribution in [-0.4, -0.2) is 59.5 Å². The number of pyridine rings is 1. The Bertz CT molecular complexity index is 1330. The first-order chi connectivity index (χ1) is 18.7. The van der Waals surface area contributed by atoms with E-state index in [1.54, 1.807) is 24.9 Å². The van der Waals surface area contributed by atoms with Crippen LogP contribution >= 0.6 is 0 Å². The number of aromatic nitrogens is 1. The lowest BCUT2D eigenvalue weighted by Gasteiger charge is -2.40. The monoisotopic (exact) mass is 547 g/mol. The highest BCUT2D eigenvalue weighted by Crippen LogP contribution is 2.40. The van der Waals surface area contributed by atoms with Crippen LogP contribution in [0.4, 0.5) is 13.2 Å². The fourth-order valence-electron chi connectivity index (χ4n) is 5.25. The number of likely N-dealkylation sites (tertiary alicyclic amines) is 1. The summed E-state index contributed by atoms with van der Waals surface area (Å²) in [7, 11) is 1.57. The molecule has 3 aromatic rings. The molecule has 1 aliphatic heterocycles. The number of hydrogen-bond acceptors (Lipinski definition) is 7. The van der Waals surface area contributed by atoms with Crippen molar-refractivity contribution in [3.05, 3.63) is 65.1 Å². The van der Waals surface area contributed by atoms with Crippen molar-refractivity contribution in [3.8, 4) is 11.5 Å². The van der Waals surface area contributed by atoms with Crippen LogP contribution in [-0.2, 0) is 4.79 Å². The molecule has 0 radical (unpaired) electrons. The lowest BCUT2D eigenvalue weighted by atomic mass is 9.73. The van der Waals surface area contributed by atoms with Crippen molar-refractivity contribution in [1.29, 1.82) is 0 Å². The van der Waals surface area contributed by atoms with Crippen LogP contribution in [0.3, 0.4) is 0 Å². The molecule has 1 unspecified atom stereocenters. The van der Waals surface area contributed by atoms with E-state index in [4.69, 9.17) is 9.47 Å². The molecule has 2 heterocycles. The lowest BCUT2D eigenvalue weighted by Crippen LogP contribution is -2.49. The predicted molar refractivity (Wildman–Crippen MR) is 137 cm³/mol. The summed E-state index contributed by atoms with van der Waals surface area (Å²) in [4.78, 5) is 19.2. The van der Waals surface area contributed by atoms with Gasteiger partial charge in [0.15, 0.2) is 11.6 Å². The molecule has 0 spiro atoms. The van der Waals surface area contributed by atoms with Gasteiger partial charge in [-0.25, -0.2) is 14.3 Å². The van der Waals surface area contributed by atoms with Crippen LogP contribution in [0.1, 0.15) is 42.9 Å². The summed E-state index contributed by atoms with van der Waals surface area (Å²) in [6, 6.07) is 6.69. The Labute approximate surface area is 224 Å². The van der Waals surface area contributed by atoms with Crippen molar-refractivity contribution < 1.29 is 37.8 Å². The van der Waals surface area contributed by atoms with E-state index in [0.29, 0.717) is 56.3 Å². The number of aryl methyl sites for hydroxylation is 1. The number of aliphatic hydroxyl groups excluding tert-OH is 1. The molecule has 210 valence electrons. The molecule has 1 atom stereocenters. The second kappa shape index (κ2) is 12.2. The quantitative estimate of drug-likeness (QED) is 0.196. The predicted octanol–water partition coefficient (Wildman–Crippen LogP) is 4.45. The standard InChI is InChI=1S/C28H32F3N3O5/c1-17-16-32-22-4-3-19(38-2)15-20(22)25(17)23(35)5-6-28(27(36)33-37)7-9-34(10-8-28)11-12-39-24-14-18(29)13-21(30)26(24)31/h3-4,13-16,23,35,37H,5-12H2,1-2H3,(H,33,36). The molecule has 4 rings (SSSR count). The summed E-state index contributed by atoms with van der Waals surface area (Å²) in [6.07, 6.45) is 2.23. The second-order valence-electron chi connectivity index (χ2n) is 9.90. The summed E-state index contributed by atoms with van der Waals surface area (Å²) in [5, 5.41) is 21.5. The van der Waals surface area contributed by atoms with Gasteiger partial charge in [0.1, 0.15) is 18.2 Å². The summed E-state index contributed by atoms with van der Waals surface area (Å²) in [5.41, 5.74) is 3.13. The zero-order valence-corrected chi connectivity index (χ0v) is 21.8. The summed E-state index contributed by atoms with van der Waals surface area (Å²) < 4.78 is 51.2. The number of hydroxylamine groups is 1. The molecule has 0 aliphatic carbocycles. The summed E-state index contributed by atoms with van der Waals surface area (Å²) in [5.74, 6) is -3.87. The van der Waals surface area contributed by atoms with Gasteiger partial charge < -0.3 is 14.6 Å². The third-order valence-corrected chi connectivity index (χ3v) is 7.57. The van der Waals surface area contributed by atoms with Crippen LogP contribution in [0.2, 0.25) is 0 Å². The van der Waals surface area contributed by atoms with E-state index in [1.165, 1.54) is 0 Å². The number of methoxy groups -OCH3 is 1. The van der Waals surface area contributed by atoms with Crippen molar-refractivity contribution in [1.82, 2.24) is 15.4 Å². The smallest absolute Gasteiger partial charge is 0.249 e. The lowest BCUT2D eigenvalue weighted by molar-refractivity contribution is -0.143. The normalized spacial score (nSPS) is 16.2. The molecule has 1 aromatic heterocycles. The Balaban J connectivity index is 1.40. The maximum Gasteiger partial charge on any atom is 0.249 e. The third-order valence-electron chi connectivity index (χ3n) is 7.57. The van der Waals surface area contributed by atoms with Crippen molar-refractivity contribution in [3.63, 3.8) is 0 Å². The highest BCUT2D eigenvalue weighted by molar-refractivity contribution is 5.85. The molecule has 1 amide bonds. The molecule has 1 fully saturated rings. The van der Waals surface area contributed by atoms with Gasteiger partial charge in [-0.3, -0.25) is 19.9 Å². The first-order valence-electron chi connectivity index (χ1n) is 12.7.